The van der Waals surface area contributed by atoms with Crippen molar-refractivity contribution in [2.24, 2.45) is 5.84 Å². The van der Waals surface area contributed by atoms with Crippen molar-refractivity contribution >= 4 is 15.9 Å². The number of nitrogens with two attached hydrogens (primary N) is 1. The van der Waals surface area contributed by atoms with Gasteiger partial charge >= 0.3 is 0 Å². The Morgan fingerprint density at radius 2 is 2.21 bits per heavy atom. The van der Waals surface area contributed by atoms with E-state index in [2.05, 4.69) is 26.3 Å². The number of hydrazine groups is 1. The Hall–Kier alpha value is -1.30. The number of hydrogen-bond acceptors (Lipinski definition) is 3. The van der Waals surface area contributed by atoms with E-state index in [4.69, 9.17) is 5.84 Å². The topological polar surface area (TPSA) is 50.9 Å². The number of halogens is 2. The van der Waals surface area contributed by atoms with Crippen LogP contribution in [0.1, 0.15) is 22.9 Å². The molecule has 5 heteroatoms. The number of aromatic nitrogens is 1. The maximum atomic E-state index is 13.8. The van der Waals surface area contributed by atoms with Gasteiger partial charge in [-0.25, -0.2) is 4.39 Å². The number of hydrogen-bond donors (Lipinski definition) is 2. The summed E-state index contributed by atoms with van der Waals surface area (Å²) in [5.74, 6) is 5.33. The van der Waals surface area contributed by atoms with E-state index in [0.29, 0.717) is 12.0 Å². The monoisotopic (exact) mass is 323 g/mol. The van der Waals surface area contributed by atoms with E-state index >= 15 is 0 Å². The first-order valence-corrected chi connectivity index (χ1v) is 6.72. The molecular formula is C14H15BrFN3. The zero-order chi connectivity index (χ0) is 13.8. The van der Waals surface area contributed by atoms with E-state index in [1.54, 1.807) is 12.3 Å². The molecule has 0 bridgehead atoms. The van der Waals surface area contributed by atoms with Gasteiger partial charge < -0.3 is 0 Å². The molecule has 1 heterocycles. The van der Waals surface area contributed by atoms with Crippen LogP contribution in [0.25, 0.3) is 0 Å². The fourth-order valence-electron chi connectivity index (χ4n) is 2.00. The van der Waals surface area contributed by atoms with Crippen LogP contribution in [-0.4, -0.2) is 4.98 Å². The van der Waals surface area contributed by atoms with E-state index in [9.17, 15) is 4.39 Å². The van der Waals surface area contributed by atoms with Crippen LogP contribution in [0.15, 0.2) is 41.0 Å². The highest BCUT2D eigenvalue weighted by Crippen LogP contribution is 2.22. The predicted octanol–water partition coefficient (Wildman–Crippen LogP) is 3.04. The lowest BCUT2D eigenvalue weighted by Gasteiger charge is -2.17. The van der Waals surface area contributed by atoms with Crippen molar-refractivity contribution in [1.29, 1.82) is 0 Å². The van der Waals surface area contributed by atoms with Crippen molar-refractivity contribution in [3.05, 3.63) is 63.6 Å². The van der Waals surface area contributed by atoms with Gasteiger partial charge in [0.2, 0.25) is 0 Å². The minimum absolute atomic E-state index is 0.211. The van der Waals surface area contributed by atoms with Crippen LogP contribution in [0.4, 0.5) is 4.39 Å². The minimum atomic E-state index is -0.247. The Bertz CT molecular complexity index is 574. The van der Waals surface area contributed by atoms with E-state index < -0.39 is 0 Å². The molecule has 0 saturated heterocycles. The van der Waals surface area contributed by atoms with Crippen LogP contribution in [0.5, 0.6) is 0 Å². The molecule has 3 N–H and O–H groups in total. The van der Waals surface area contributed by atoms with Crippen LogP contribution < -0.4 is 11.3 Å². The summed E-state index contributed by atoms with van der Waals surface area (Å²) in [5, 5.41) is 0. The summed E-state index contributed by atoms with van der Waals surface area (Å²) >= 11 is 3.24. The second kappa shape index (κ2) is 6.23. The third-order valence-electron chi connectivity index (χ3n) is 3.02. The van der Waals surface area contributed by atoms with Gasteiger partial charge in [-0.2, -0.15) is 0 Å². The first-order valence-electron chi connectivity index (χ1n) is 5.93. The number of nitrogens with zero attached hydrogens (tertiary/aromatic N) is 1. The van der Waals surface area contributed by atoms with E-state index in [0.717, 1.165) is 15.7 Å². The number of rotatable bonds is 4. The standard InChI is InChI=1S/C14H15BrFN3/c1-9-3-2-6-18-14(9)13(19-17)7-10-4-5-11(15)8-12(10)16/h2-6,8,13,19H,7,17H2,1H3. The first kappa shape index (κ1) is 14.1. The van der Waals surface area contributed by atoms with Crippen molar-refractivity contribution in [3.8, 4) is 0 Å². The molecule has 1 atom stereocenters. The fraction of sp³-hybridized carbons (Fsp3) is 0.214. The molecule has 0 aliphatic rings. The first-order chi connectivity index (χ1) is 9.11. The van der Waals surface area contributed by atoms with Gasteiger partial charge in [0.25, 0.3) is 0 Å². The smallest absolute Gasteiger partial charge is 0.127 e. The van der Waals surface area contributed by atoms with Crippen molar-refractivity contribution < 1.29 is 4.39 Å². The zero-order valence-electron chi connectivity index (χ0n) is 10.5. The van der Waals surface area contributed by atoms with E-state index in [1.165, 1.54) is 6.07 Å². The highest BCUT2D eigenvalue weighted by Gasteiger charge is 2.16. The van der Waals surface area contributed by atoms with Gasteiger partial charge in [0.05, 0.1) is 11.7 Å². The number of pyridine rings is 1. The van der Waals surface area contributed by atoms with Crippen molar-refractivity contribution in [3.63, 3.8) is 0 Å². The molecule has 3 nitrogen and oxygen atoms in total. The summed E-state index contributed by atoms with van der Waals surface area (Å²) in [7, 11) is 0. The summed E-state index contributed by atoms with van der Waals surface area (Å²) in [4.78, 5) is 4.32. The van der Waals surface area contributed by atoms with Gasteiger partial charge in [-0.3, -0.25) is 16.3 Å². The number of benzene rings is 1. The van der Waals surface area contributed by atoms with Crippen LogP contribution >= 0.6 is 15.9 Å². The van der Waals surface area contributed by atoms with Crippen LogP contribution in [0, 0.1) is 12.7 Å². The highest BCUT2D eigenvalue weighted by molar-refractivity contribution is 9.10. The molecule has 1 aromatic heterocycles. The molecule has 0 fully saturated rings. The average Bonchev–Trinajstić information content (AvgIpc) is 2.39. The summed E-state index contributed by atoms with van der Waals surface area (Å²) in [5.41, 5.74) is 5.19. The fourth-order valence-corrected chi connectivity index (χ4v) is 2.34. The minimum Gasteiger partial charge on any atom is -0.271 e. The molecule has 0 amide bonds. The SMILES string of the molecule is Cc1cccnc1C(Cc1ccc(Br)cc1F)NN. The quantitative estimate of drug-likeness (QED) is 0.671. The third-order valence-corrected chi connectivity index (χ3v) is 3.51. The van der Waals surface area contributed by atoms with Gasteiger partial charge in [0.1, 0.15) is 5.82 Å². The molecule has 100 valence electrons. The lowest BCUT2D eigenvalue weighted by atomic mass is 10.0. The molecule has 0 spiro atoms. The van der Waals surface area contributed by atoms with Crippen LogP contribution in [-0.2, 0) is 6.42 Å². The number of nitrogens with one attached hydrogen (secondary N) is 1. The molecular weight excluding hydrogens is 309 g/mol. The Morgan fingerprint density at radius 1 is 1.42 bits per heavy atom. The molecule has 19 heavy (non-hydrogen) atoms. The predicted molar refractivity (Wildman–Crippen MR) is 76.8 cm³/mol. The summed E-state index contributed by atoms with van der Waals surface area (Å²) < 4.78 is 14.6. The molecule has 0 aliphatic carbocycles. The van der Waals surface area contributed by atoms with Gasteiger partial charge in [0, 0.05) is 10.7 Å². The normalized spacial score (nSPS) is 12.4. The Kier molecular flexibility index (Phi) is 4.63. The second-order valence-electron chi connectivity index (χ2n) is 4.36. The van der Waals surface area contributed by atoms with Gasteiger partial charge in [-0.15, -0.1) is 0 Å². The van der Waals surface area contributed by atoms with Gasteiger partial charge in [0.15, 0.2) is 0 Å². The van der Waals surface area contributed by atoms with Crippen molar-refractivity contribution in [1.82, 2.24) is 10.4 Å². The van der Waals surface area contributed by atoms with Crippen molar-refractivity contribution in [2.75, 3.05) is 0 Å². The molecule has 0 saturated carbocycles. The maximum absolute atomic E-state index is 13.8. The van der Waals surface area contributed by atoms with E-state index in [-0.39, 0.29) is 11.9 Å². The Labute approximate surface area is 120 Å². The lowest BCUT2D eigenvalue weighted by molar-refractivity contribution is 0.516. The summed E-state index contributed by atoms with van der Waals surface area (Å²) in [6.07, 6.45) is 2.16. The molecule has 0 radical (unpaired) electrons. The summed E-state index contributed by atoms with van der Waals surface area (Å²) in [6.45, 7) is 1.96. The highest BCUT2D eigenvalue weighted by atomic mass is 79.9. The molecule has 1 aromatic carbocycles. The van der Waals surface area contributed by atoms with E-state index in [1.807, 2.05) is 25.1 Å². The van der Waals surface area contributed by atoms with Crippen molar-refractivity contribution in [2.45, 2.75) is 19.4 Å². The number of aryl methyl sites for hydroxylation is 1. The Balaban J connectivity index is 2.27. The molecule has 2 rings (SSSR count). The van der Waals surface area contributed by atoms with Gasteiger partial charge in [-0.1, -0.05) is 28.1 Å². The van der Waals surface area contributed by atoms with Gasteiger partial charge in [-0.05, 0) is 42.7 Å². The summed E-state index contributed by atoms with van der Waals surface area (Å²) in [6, 6.07) is 8.64. The molecule has 2 aromatic rings. The van der Waals surface area contributed by atoms with Crippen LogP contribution in [0.2, 0.25) is 0 Å². The second-order valence-corrected chi connectivity index (χ2v) is 5.28. The Morgan fingerprint density at radius 3 is 2.84 bits per heavy atom. The lowest BCUT2D eigenvalue weighted by Crippen LogP contribution is -2.31. The zero-order valence-corrected chi connectivity index (χ0v) is 12.1. The van der Waals surface area contributed by atoms with Crippen LogP contribution in [0.3, 0.4) is 0 Å². The molecule has 0 aliphatic heterocycles. The maximum Gasteiger partial charge on any atom is 0.127 e. The third kappa shape index (κ3) is 3.37. The average molecular weight is 324 g/mol. The largest absolute Gasteiger partial charge is 0.271 e. The molecule has 1 unspecified atom stereocenters.